The molecule has 224 valence electrons. The lowest BCUT2D eigenvalue weighted by atomic mass is 9.72. The Morgan fingerprint density at radius 1 is 1.16 bits per heavy atom. The van der Waals surface area contributed by atoms with Gasteiger partial charge >= 0.3 is 5.97 Å². The molecule has 6 atom stereocenters. The molecule has 5 N–H and O–H groups in total. The molecular formula is C31H33N5O7. The maximum absolute atomic E-state index is 13.8. The van der Waals surface area contributed by atoms with E-state index >= 15 is 0 Å². The number of ether oxygens (including phenoxy) is 2. The Morgan fingerprint density at radius 3 is 2.72 bits per heavy atom. The van der Waals surface area contributed by atoms with Gasteiger partial charge in [-0.1, -0.05) is 44.2 Å². The number of carbonyl (C=O) groups is 3. The summed E-state index contributed by atoms with van der Waals surface area (Å²) in [6, 6.07) is 11.1. The highest BCUT2D eigenvalue weighted by atomic mass is 16.5. The molecule has 3 aromatic rings. The molecule has 1 spiro atoms. The van der Waals surface area contributed by atoms with Crippen LogP contribution in [0.5, 0.6) is 5.75 Å². The van der Waals surface area contributed by atoms with Crippen LogP contribution in [0.3, 0.4) is 0 Å². The summed E-state index contributed by atoms with van der Waals surface area (Å²) in [5.41, 5.74) is 2.10. The van der Waals surface area contributed by atoms with Gasteiger partial charge in [0.15, 0.2) is 17.7 Å². The highest BCUT2D eigenvalue weighted by Gasteiger charge is 2.61. The van der Waals surface area contributed by atoms with E-state index in [1.165, 1.54) is 7.11 Å². The van der Waals surface area contributed by atoms with Crippen molar-refractivity contribution in [2.45, 2.75) is 62.6 Å². The van der Waals surface area contributed by atoms with Gasteiger partial charge < -0.3 is 40.3 Å². The number of nitrogens with one attached hydrogen (secondary N) is 4. The number of carbonyl (C=O) groups excluding carboxylic acids is 3. The van der Waals surface area contributed by atoms with Crippen LogP contribution in [0, 0.1) is 5.92 Å². The summed E-state index contributed by atoms with van der Waals surface area (Å²) < 4.78 is 18.2. The van der Waals surface area contributed by atoms with Gasteiger partial charge in [-0.05, 0) is 35.6 Å². The van der Waals surface area contributed by atoms with E-state index in [4.69, 9.17) is 13.9 Å². The summed E-state index contributed by atoms with van der Waals surface area (Å²) in [6.07, 6.45) is -0.823. The number of esters is 1. The molecule has 7 rings (SSSR count). The number of aromatic nitrogens is 1. The minimum Gasteiger partial charge on any atom is -0.469 e. The largest absolute Gasteiger partial charge is 0.469 e. The van der Waals surface area contributed by atoms with Crippen LogP contribution in [-0.2, 0) is 26.2 Å². The topological polar surface area (TPSA) is 164 Å². The van der Waals surface area contributed by atoms with Crippen LogP contribution in [-0.4, -0.2) is 65.9 Å². The van der Waals surface area contributed by atoms with Crippen molar-refractivity contribution in [3.63, 3.8) is 0 Å². The number of oxazole rings is 1. The summed E-state index contributed by atoms with van der Waals surface area (Å²) in [5.74, 6) is -0.657. The minimum atomic E-state index is -1.09. The molecule has 4 bridgehead atoms. The first kappa shape index (κ1) is 27.4. The van der Waals surface area contributed by atoms with E-state index in [1.807, 2.05) is 56.3 Å². The van der Waals surface area contributed by atoms with Gasteiger partial charge in [0.05, 0.1) is 19.3 Å². The van der Waals surface area contributed by atoms with Gasteiger partial charge in [-0.15, -0.1) is 0 Å². The number of anilines is 1. The van der Waals surface area contributed by atoms with Crippen molar-refractivity contribution in [1.29, 1.82) is 0 Å². The van der Waals surface area contributed by atoms with Crippen molar-refractivity contribution in [3.05, 3.63) is 76.5 Å². The number of benzene rings is 2. The fourth-order valence-electron chi connectivity index (χ4n) is 6.73. The zero-order valence-electron chi connectivity index (χ0n) is 24.0. The number of amides is 2. The van der Waals surface area contributed by atoms with Crippen molar-refractivity contribution >= 4 is 23.5 Å². The molecule has 43 heavy (non-hydrogen) atoms. The number of para-hydroxylation sites is 1. The first-order valence-corrected chi connectivity index (χ1v) is 14.5. The van der Waals surface area contributed by atoms with Crippen molar-refractivity contribution < 1.29 is 33.4 Å². The summed E-state index contributed by atoms with van der Waals surface area (Å²) in [7, 11) is 1.29. The van der Waals surface area contributed by atoms with Crippen LogP contribution in [0.4, 0.5) is 5.69 Å². The van der Waals surface area contributed by atoms with Crippen molar-refractivity contribution in [1.82, 2.24) is 20.9 Å². The third-order valence-electron chi connectivity index (χ3n) is 8.85. The molecule has 4 aliphatic rings. The Kier molecular flexibility index (Phi) is 6.44. The van der Waals surface area contributed by atoms with Crippen LogP contribution in [0.25, 0.3) is 0 Å². The van der Waals surface area contributed by atoms with Gasteiger partial charge in [0, 0.05) is 24.2 Å². The second-order valence-corrected chi connectivity index (χ2v) is 11.9. The van der Waals surface area contributed by atoms with E-state index in [-0.39, 0.29) is 42.0 Å². The van der Waals surface area contributed by atoms with Gasteiger partial charge in [-0.2, -0.15) is 0 Å². The molecular weight excluding hydrogens is 554 g/mol. The van der Waals surface area contributed by atoms with Crippen LogP contribution < -0.4 is 26.0 Å². The number of aliphatic hydroxyl groups is 1. The molecule has 2 amide bonds. The van der Waals surface area contributed by atoms with Crippen LogP contribution in [0.2, 0.25) is 0 Å². The van der Waals surface area contributed by atoms with Gasteiger partial charge in [0.25, 0.3) is 0 Å². The number of rotatable bonds is 4. The Labute approximate surface area is 247 Å². The lowest BCUT2D eigenvalue weighted by Gasteiger charge is -2.29. The van der Waals surface area contributed by atoms with E-state index < -0.39 is 47.7 Å². The van der Waals surface area contributed by atoms with E-state index in [9.17, 15) is 19.5 Å². The van der Waals surface area contributed by atoms with Crippen LogP contribution >= 0.6 is 0 Å². The molecule has 1 saturated heterocycles. The molecule has 1 fully saturated rings. The molecule has 0 radical (unpaired) electrons. The van der Waals surface area contributed by atoms with Gasteiger partial charge in [-0.25, -0.2) is 9.78 Å². The van der Waals surface area contributed by atoms with Gasteiger partial charge in [0.2, 0.25) is 17.7 Å². The van der Waals surface area contributed by atoms with E-state index in [1.54, 1.807) is 0 Å². The second kappa shape index (κ2) is 10.1. The molecule has 2 aromatic carbocycles. The smallest absolute Gasteiger partial charge is 0.360 e. The van der Waals surface area contributed by atoms with Crippen LogP contribution in [0.1, 0.15) is 65.1 Å². The second-order valence-electron chi connectivity index (χ2n) is 11.9. The van der Waals surface area contributed by atoms with E-state index in [0.717, 1.165) is 22.4 Å². The van der Waals surface area contributed by atoms with Crippen molar-refractivity contribution in [2.24, 2.45) is 5.92 Å². The maximum atomic E-state index is 13.8. The average Bonchev–Trinajstić information content (AvgIpc) is 3.75. The molecule has 0 aliphatic carbocycles. The summed E-state index contributed by atoms with van der Waals surface area (Å²) >= 11 is 0. The molecule has 4 aliphatic heterocycles. The Bertz CT molecular complexity index is 1640. The predicted octanol–water partition coefficient (Wildman–Crippen LogP) is 1.52. The highest BCUT2D eigenvalue weighted by molar-refractivity contribution is 5.92. The number of β-amino-alcohol motifs (C(OH)–C–C–N with tert-alkyl or cyclic N) is 1. The first-order valence-electron chi connectivity index (χ1n) is 14.5. The third-order valence-corrected chi connectivity index (χ3v) is 8.85. The van der Waals surface area contributed by atoms with E-state index in [2.05, 4.69) is 26.3 Å². The molecule has 12 nitrogen and oxygen atoms in total. The number of methoxy groups -OCH3 is 1. The predicted molar refractivity (Wildman–Crippen MR) is 152 cm³/mol. The molecule has 12 heteroatoms. The Morgan fingerprint density at radius 2 is 1.98 bits per heavy atom. The highest BCUT2D eigenvalue weighted by Crippen LogP contribution is 2.58. The lowest BCUT2D eigenvalue weighted by molar-refractivity contribution is -0.130. The summed E-state index contributed by atoms with van der Waals surface area (Å²) in [4.78, 5) is 45.0. The third kappa shape index (κ3) is 4.19. The number of hydrogen-bond acceptors (Lipinski definition) is 10. The quantitative estimate of drug-likeness (QED) is 0.283. The standard InChI is InChI=1S/C31H33N5O7/c1-14(2)23-28-36-24(29(40)41-3)25(43-28)31-17-6-4-5-7-19(17)34-30(31)42-22-9-8-15(10-18(22)31)11-21(27(39)35-23)33-26(38)20-12-16(37)13-32-20/h4-10,14,16,20-21,23,30,32,34,37H,11-13H2,1-3H3,(H,33,38)(H,35,39)/t16-,20+,21+,23?,30?,31?/m1/s1. The minimum absolute atomic E-state index is 0.00211. The molecule has 3 unspecified atom stereocenters. The number of nitrogens with zero attached hydrogens (tertiary/aromatic N) is 1. The number of fused-ring (bicyclic) bond motifs is 4. The maximum Gasteiger partial charge on any atom is 0.360 e. The van der Waals surface area contributed by atoms with Crippen LogP contribution in [0.15, 0.2) is 46.9 Å². The first-order chi connectivity index (χ1) is 20.7. The SMILES string of the molecule is COC(=O)c1nc2oc1C13c4ccccc4NC1Oc1ccc(cc13)C[C@H](NC(=O)[C@@H]1C[C@@H](O)CN1)C(=O)NC2C(C)C. The Hall–Kier alpha value is -4.42. The monoisotopic (exact) mass is 587 g/mol. The number of hydrogen-bond donors (Lipinski definition) is 5. The normalized spacial score (nSPS) is 28.5. The molecule has 0 saturated carbocycles. The molecule has 1 aromatic heterocycles. The van der Waals surface area contributed by atoms with Crippen molar-refractivity contribution in [2.75, 3.05) is 19.0 Å². The fourth-order valence-corrected chi connectivity index (χ4v) is 6.73. The summed E-state index contributed by atoms with van der Waals surface area (Å²) in [6.45, 7) is 4.12. The molecule has 5 heterocycles. The lowest BCUT2D eigenvalue weighted by Crippen LogP contribution is -2.53. The van der Waals surface area contributed by atoms with E-state index in [0.29, 0.717) is 12.3 Å². The van der Waals surface area contributed by atoms with Crippen molar-refractivity contribution in [3.8, 4) is 5.75 Å². The van der Waals surface area contributed by atoms with Gasteiger partial charge in [-0.3, -0.25) is 9.59 Å². The fraction of sp³-hybridized carbons (Fsp3) is 0.419. The Balaban J connectivity index is 1.42. The number of aliphatic hydroxyl groups excluding tert-OH is 1. The zero-order valence-corrected chi connectivity index (χ0v) is 24.0. The average molecular weight is 588 g/mol. The van der Waals surface area contributed by atoms with Gasteiger partial charge in [0.1, 0.15) is 23.2 Å². The summed E-state index contributed by atoms with van der Waals surface area (Å²) in [5, 5.41) is 22.3. The zero-order chi connectivity index (χ0) is 30.0.